The zero-order valence-corrected chi connectivity index (χ0v) is 13.8. The quantitative estimate of drug-likeness (QED) is 0.912. The molecule has 1 aromatic carbocycles. The third-order valence-corrected chi connectivity index (χ3v) is 4.44. The predicted molar refractivity (Wildman–Crippen MR) is 82.7 cm³/mol. The van der Waals surface area contributed by atoms with Crippen molar-refractivity contribution < 1.29 is 27.8 Å². The molecule has 1 aliphatic rings. The molecule has 1 atom stereocenters. The second-order valence-electron chi connectivity index (χ2n) is 6.13. The minimum Gasteiger partial charge on any atom is -0.480 e. The average Bonchev–Trinajstić information content (AvgIpc) is 2.53. The van der Waals surface area contributed by atoms with Crippen LogP contribution in [0.1, 0.15) is 31.7 Å². The zero-order chi connectivity index (χ0) is 18.0. The zero-order valence-electron chi connectivity index (χ0n) is 13.8. The normalized spacial score (nSPS) is 19.0. The number of benzene rings is 1. The Morgan fingerprint density at radius 1 is 1.33 bits per heavy atom. The topological polar surface area (TPSA) is 49.8 Å². The van der Waals surface area contributed by atoms with E-state index >= 15 is 0 Å². The Bertz CT molecular complexity index is 581. The molecular formula is C17H22F3NO3. The minimum atomic E-state index is -4.68. The summed E-state index contributed by atoms with van der Waals surface area (Å²) in [6, 6.07) is 7.26. The number of halogens is 3. The lowest BCUT2D eigenvalue weighted by molar-refractivity contribution is -0.272. The van der Waals surface area contributed by atoms with Crippen LogP contribution in [0.5, 0.6) is 5.75 Å². The molecule has 7 heteroatoms. The van der Waals surface area contributed by atoms with Crippen LogP contribution in [0.2, 0.25) is 0 Å². The van der Waals surface area contributed by atoms with Gasteiger partial charge in [0.2, 0.25) is 0 Å². The van der Waals surface area contributed by atoms with Crippen LogP contribution in [0.25, 0.3) is 0 Å². The molecule has 0 saturated carbocycles. The first-order valence-electron chi connectivity index (χ1n) is 7.98. The summed E-state index contributed by atoms with van der Waals surface area (Å²) in [5, 5.41) is 9.68. The van der Waals surface area contributed by atoms with Crippen LogP contribution in [0, 0.1) is 6.92 Å². The van der Waals surface area contributed by atoms with Crippen molar-refractivity contribution in [3.63, 3.8) is 0 Å². The summed E-state index contributed by atoms with van der Waals surface area (Å²) in [6.45, 7) is 3.37. The standard InChI is InChI=1S/C17H22F3NO3/c1-3-13(24-14-7-5-4-6-12(14)2)15(22)21-10-8-16(23,9-11-21)17(18,19)20/h4-7,13,23H,3,8-11H2,1-2H3. The van der Waals surface area contributed by atoms with Crippen molar-refractivity contribution in [3.8, 4) is 5.75 Å². The second-order valence-corrected chi connectivity index (χ2v) is 6.13. The van der Waals surface area contributed by atoms with Crippen LogP contribution in [0.3, 0.4) is 0 Å². The maximum atomic E-state index is 12.8. The van der Waals surface area contributed by atoms with Crippen molar-refractivity contribution in [3.05, 3.63) is 29.8 Å². The van der Waals surface area contributed by atoms with Gasteiger partial charge in [0, 0.05) is 25.9 Å². The van der Waals surface area contributed by atoms with Crippen LogP contribution in [-0.4, -0.2) is 46.9 Å². The van der Waals surface area contributed by atoms with Gasteiger partial charge in [0.05, 0.1) is 0 Å². The summed E-state index contributed by atoms with van der Waals surface area (Å²) in [7, 11) is 0. The van der Waals surface area contributed by atoms with Gasteiger partial charge in [-0.1, -0.05) is 25.1 Å². The van der Waals surface area contributed by atoms with Gasteiger partial charge < -0.3 is 14.7 Å². The Morgan fingerprint density at radius 3 is 2.42 bits per heavy atom. The van der Waals surface area contributed by atoms with Crippen molar-refractivity contribution in [1.29, 1.82) is 0 Å². The highest BCUT2D eigenvalue weighted by atomic mass is 19.4. The number of likely N-dealkylation sites (tertiary alicyclic amines) is 1. The first-order valence-corrected chi connectivity index (χ1v) is 7.98. The maximum absolute atomic E-state index is 12.8. The summed E-state index contributed by atoms with van der Waals surface area (Å²) < 4.78 is 44.2. The number of ether oxygens (including phenoxy) is 1. The van der Waals surface area contributed by atoms with E-state index in [1.807, 2.05) is 19.1 Å². The number of carbonyl (C=O) groups excluding carboxylic acids is 1. The fraction of sp³-hybridized carbons (Fsp3) is 0.588. The Morgan fingerprint density at radius 2 is 1.92 bits per heavy atom. The maximum Gasteiger partial charge on any atom is 0.417 e. The summed E-state index contributed by atoms with van der Waals surface area (Å²) in [6.07, 6.45) is -6.04. The van der Waals surface area contributed by atoms with Crippen LogP contribution < -0.4 is 4.74 Å². The van der Waals surface area contributed by atoms with Crippen molar-refractivity contribution >= 4 is 5.91 Å². The summed E-state index contributed by atoms with van der Waals surface area (Å²) in [5.74, 6) is 0.242. The van der Waals surface area contributed by atoms with E-state index in [1.54, 1.807) is 19.1 Å². The van der Waals surface area contributed by atoms with Gasteiger partial charge in [-0.3, -0.25) is 4.79 Å². The number of alkyl halides is 3. The van der Waals surface area contributed by atoms with Gasteiger partial charge in [-0.15, -0.1) is 0 Å². The molecule has 1 aliphatic heterocycles. The lowest BCUT2D eigenvalue weighted by Gasteiger charge is -2.40. The van der Waals surface area contributed by atoms with Crippen LogP contribution >= 0.6 is 0 Å². The van der Waals surface area contributed by atoms with E-state index in [0.29, 0.717) is 12.2 Å². The monoisotopic (exact) mass is 345 g/mol. The first kappa shape index (κ1) is 18.6. The molecule has 0 aliphatic carbocycles. The molecule has 0 aromatic heterocycles. The molecule has 2 rings (SSSR count). The van der Waals surface area contributed by atoms with Gasteiger partial charge in [-0.05, 0) is 25.0 Å². The highest BCUT2D eigenvalue weighted by molar-refractivity contribution is 5.81. The molecule has 0 bridgehead atoms. The van der Waals surface area contributed by atoms with E-state index in [-0.39, 0.29) is 19.0 Å². The second kappa shape index (κ2) is 7.01. The fourth-order valence-electron chi connectivity index (χ4n) is 2.73. The van der Waals surface area contributed by atoms with Gasteiger partial charge in [-0.25, -0.2) is 0 Å². The smallest absolute Gasteiger partial charge is 0.417 e. The summed E-state index contributed by atoms with van der Waals surface area (Å²) in [4.78, 5) is 13.9. The van der Waals surface area contributed by atoms with E-state index in [2.05, 4.69) is 0 Å². The molecule has 1 N–H and O–H groups in total. The number of amides is 1. The average molecular weight is 345 g/mol. The minimum absolute atomic E-state index is 0.136. The van der Waals surface area contributed by atoms with Crippen molar-refractivity contribution in [1.82, 2.24) is 4.90 Å². The molecule has 1 heterocycles. The largest absolute Gasteiger partial charge is 0.480 e. The fourth-order valence-corrected chi connectivity index (χ4v) is 2.73. The molecule has 1 amide bonds. The third-order valence-electron chi connectivity index (χ3n) is 4.44. The number of carbonyl (C=O) groups is 1. The van der Waals surface area contributed by atoms with Gasteiger partial charge in [-0.2, -0.15) is 13.2 Å². The van der Waals surface area contributed by atoms with Crippen LogP contribution in [-0.2, 0) is 4.79 Å². The van der Waals surface area contributed by atoms with Crippen LogP contribution in [0.4, 0.5) is 13.2 Å². The SMILES string of the molecule is CCC(Oc1ccccc1C)C(=O)N1CCC(O)(C(F)(F)F)CC1. The number of hydrogen-bond acceptors (Lipinski definition) is 3. The van der Waals surface area contributed by atoms with E-state index < -0.39 is 30.7 Å². The Hall–Kier alpha value is -1.76. The number of para-hydroxylation sites is 1. The van der Waals surface area contributed by atoms with Gasteiger partial charge in [0.25, 0.3) is 5.91 Å². The molecule has 1 saturated heterocycles. The summed E-state index contributed by atoms with van der Waals surface area (Å²) in [5.41, 5.74) is -1.82. The van der Waals surface area contributed by atoms with E-state index in [4.69, 9.17) is 4.74 Å². The number of rotatable bonds is 4. The van der Waals surface area contributed by atoms with Crippen molar-refractivity contribution in [2.45, 2.75) is 51.0 Å². The first-order chi connectivity index (χ1) is 11.2. The molecular weight excluding hydrogens is 323 g/mol. The van der Waals surface area contributed by atoms with E-state index in [9.17, 15) is 23.1 Å². The van der Waals surface area contributed by atoms with Crippen molar-refractivity contribution in [2.24, 2.45) is 0 Å². The molecule has 134 valence electrons. The number of nitrogens with zero attached hydrogens (tertiary/aromatic N) is 1. The van der Waals surface area contributed by atoms with Gasteiger partial charge in [0.1, 0.15) is 5.75 Å². The van der Waals surface area contributed by atoms with Crippen LogP contribution in [0.15, 0.2) is 24.3 Å². The van der Waals surface area contributed by atoms with Gasteiger partial charge >= 0.3 is 6.18 Å². The Labute approximate surface area is 139 Å². The number of aliphatic hydroxyl groups is 1. The highest BCUT2D eigenvalue weighted by Gasteiger charge is 2.55. The molecule has 4 nitrogen and oxygen atoms in total. The Kier molecular flexibility index (Phi) is 5.42. The molecule has 1 fully saturated rings. The highest BCUT2D eigenvalue weighted by Crippen LogP contribution is 2.38. The van der Waals surface area contributed by atoms with Crippen molar-refractivity contribution in [2.75, 3.05) is 13.1 Å². The third kappa shape index (κ3) is 3.83. The number of hydrogen-bond donors (Lipinski definition) is 1. The molecule has 0 spiro atoms. The lowest BCUT2D eigenvalue weighted by Crippen LogP contribution is -2.56. The molecule has 1 aromatic rings. The number of aryl methyl sites for hydroxylation is 1. The Balaban J connectivity index is 2.02. The summed E-state index contributed by atoms with van der Waals surface area (Å²) >= 11 is 0. The number of piperidine rings is 1. The van der Waals surface area contributed by atoms with E-state index in [0.717, 1.165) is 5.56 Å². The molecule has 1 unspecified atom stereocenters. The van der Waals surface area contributed by atoms with Gasteiger partial charge in [0.15, 0.2) is 11.7 Å². The van der Waals surface area contributed by atoms with E-state index in [1.165, 1.54) is 4.90 Å². The predicted octanol–water partition coefficient (Wildman–Crippen LogP) is 3.07. The molecule has 0 radical (unpaired) electrons. The lowest BCUT2D eigenvalue weighted by atomic mass is 9.90. The molecule has 24 heavy (non-hydrogen) atoms.